The van der Waals surface area contributed by atoms with Crippen LogP contribution in [0.15, 0.2) is 12.1 Å². The summed E-state index contributed by atoms with van der Waals surface area (Å²) < 4.78 is 0. The van der Waals surface area contributed by atoms with E-state index < -0.39 is 14.6 Å². The number of hydrogen-bond acceptors (Lipinski definition) is 3. The molecule has 0 spiro atoms. The fourth-order valence-corrected chi connectivity index (χ4v) is 1.37. The van der Waals surface area contributed by atoms with Crippen LogP contribution in [-0.4, -0.2) is 9.91 Å². The molecule has 0 saturated carbocycles. The molecule has 1 aromatic rings. The summed E-state index contributed by atoms with van der Waals surface area (Å²) in [7, 11) is 0. The van der Waals surface area contributed by atoms with E-state index in [0.29, 0.717) is 5.56 Å². The lowest BCUT2D eigenvalue weighted by molar-refractivity contribution is -0.389. The lowest BCUT2D eigenvalue weighted by Gasteiger charge is -2.03. The lowest BCUT2D eigenvalue weighted by atomic mass is 10.2. The van der Waals surface area contributed by atoms with Gasteiger partial charge < -0.3 is 10.1 Å². The maximum Gasteiger partial charge on any atom is 0.364 e. The van der Waals surface area contributed by atoms with E-state index in [4.69, 9.17) is 46.4 Å². The molecule has 15 heavy (non-hydrogen) atoms. The van der Waals surface area contributed by atoms with Crippen molar-refractivity contribution in [3.63, 3.8) is 0 Å². The highest BCUT2D eigenvalue weighted by Crippen LogP contribution is 2.31. The first-order valence-corrected chi connectivity index (χ1v) is 5.39. The molecule has 0 atom stereocenters. The van der Waals surface area contributed by atoms with Gasteiger partial charge in [0.05, 0.1) is 0 Å². The zero-order valence-corrected chi connectivity index (χ0v) is 10.1. The molecule has 8 heteroatoms. The predicted octanol–water partition coefficient (Wildman–Crippen LogP) is 3.94. The van der Waals surface area contributed by atoms with Crippen LogP contribution < -0.4 is 0 Å². The average molecular weight is 290 g/mol. The van der Waals surface area contributed by atoms with Gasteiger partial charge in [-0.1, -0.05) is 23.2 Å². The van der Waals surface area contributed by atoms with E-state index in [1.54, 1.807) is 0 Å². The van der Waals surface area contributed by atoms with Crippen LogP contribution in [0.3, 0.4) is 0 Å². The molecule has 1 rings (SSSR count). The number of rotatable bonds is 3. The number of alkyl halides is 4. The zero-order chi connectivity index (χ0) is 11.6. The topological polar surface area (TPSA) is 56.0 Å². The van der Waals surface area contributed by atoms with Crippen molar-refractivity contribution in [1.29, 1.82) is 0 Å². The van der Waals surface area contributed by atoms with Crippen molar-refractivity contribution in [2.75, 3.05) is 0 Å². The summed E-state index contributed by atoms with van der Waals surface area (Å²) in [6.45, 7) is 0. The van der Waals surface area contributed by atoms with Gasteiger partial charge in [0.2, 0.25) is 0 Å². The van der Waals surface area contributed by atoms with Crippen LogP contribution in [0.1, 0.15) is 20.9 Å². The van der Waals surface area contributed by atoms with Crippen LogP contribution in [0.2, 0.25) is 0 Å². The van der Waals surface area contributed by atoms with Crippen molar-refractivity contribution < 1.29 is 4.92 Å². The maximum atomic E-state index is 10.5. The zero-order valence-electron chi connectivity index (χ0n) is 7.03. The third-order valence-electron chi connectivity index (χ3n) is 1.52. The molecule has 82 valence electrons. The monoisotopic (exact) mass is 288 g/mol. The van der Waals surface area contributed by atoms with Crippen molar-refractivity contribution in [2.45, 2.75) is 9.67 Å². The largest absolute Gasteiger partial charge is 0.364 e. The summed E-state index contributed by atoms with van der Waals surface area (Å²) in [4.78, 5) is 11.6. The molecule has 0 amide bonds. The van der Waals surface area contributed by atoms with Gasteiger partial charge in [-0.05, 0) is 21.5 Å². The molecule has 0 unspecified atom stereocenters. The number of halogens is 4. The standard InChI is InChI=1S/C7H4Cl4N2O2/c8-6(9)3-1-4(7(10)11)12-5(2-3)13(14)15/h1-2,6-7H. The van der Waals surface area contributed by atoms with E-state index in [2.05, 4.69) is 4.98 Å². The molecule has 0 saturated heterocycles. The number of nitro groups is 1. The van der Waals surface area contributed by atoms with Gasteiger partial charge in [-0.2, -0.15) is 0 Å². The Morgan fingerprint density at radius 1 is 1.20 bits per heavy atom. The highest BCUT2D eigenvalue weighted by atomic mass is 35.5. The number of hydrogen-bond donors (Lipinski definition) is 0. The molecule has 0 fully saturated rings. The van der Waals surface area contributed by atoms with Crippen LogP contribution >= 0.6 is 46.4 Å². The van der Waals surface area contributed by atoms with E-state index >= 15 is 0 Å². The number of nitrogens with zero attached hydrogens (tertiary/aromatic N) is 2. The molecule has 0 aromatic carbocycles. The molecule has 4 nitrogen and oxygen atoms in total. The van der Waals surface area contributed by atoms with E-state index in [9.17, 15) is 10.1 Å². The van der Waals surface area contributed by atoms with E-state index in [1.165, 1.54) is 12.1 Å². The lowest BCUT2D eigenvalue weighted by Crippen LogP contribution is -1.99. The molecule has 1 heterocycles. The Kier molecular flexibility index (Phi) is 4.40. The van der Waals surface area contributed by atoms with Gasteiger partial charge in [0.1, 0.15) is 4.84 Å². The van der Waals surface area contributed by atoms with Gasteiger partial charge in [-0.3, -0.25) is 0 Å². The summed E-state index contributed by atoms with van der Waals surface area (Å²) in [5.41, 5.74) is 0.482. The Morgan fingerprint density at radius 2 is 1.80 bits per heavy atom. The van der Waals surface area contributed by atoms with Gasteiger partial charge in [-0.15, -0.1) is 23.2 Å². The molecular weight excluding hydrogens is 286 g/mol. The maximum absolute atomic E-state index is 10.5. The molecule has 0 N–H and O–H groups in total. The highest BCUT2D eigenvalue weighted by molar-refractivity contribution is 6.44. The van der Waals surface area contributed by atoms with Gasteiger partial charge in [0.15, 0.2) is 10.5 Å². The minimum Gasteiger partial charge on any atom is -0.358 e. The normalized spacial score (nSPS) is 11.1. The second-order valence-electron chi connectivity index (χ2n) is 2.54. The number of pyridine rings is 1. The molecule has 0 aliphatic carbocycles. The van der Waals surface area contributed by atoms with E-state index in [0.717, 1.165) is 0 Å². The summed E-state index contributed by atoms with van der Waals surface area (Å²) in [6, 6.07) is 2.59. The quantitative estimate of drug-likeness (QED) is 0.481. The molecule has 0 aliphatic heterocycles. The first-order valence-electron chi connectivity index (χ1n) is 3.64. The molecule has 1 aromatic heterocycles. The average Bonchev–Trinajstić information content (AvgIpc) is 2.16. The van der Waals surface area contributed by atoms with Crippen LogP contribution in [-0.2, 0) is 0 Å². The number of aromatic nitrogens is 1. The van der Waals surface area contributed by atoms with Crippen molar-refractivity contribution in [3.8, 4) is 0 Å². The van der Waals surface area contributed by atoms with Crippen LogP contribution in [0.25, 0.3) is 0 Å². The van der Waals surface area contributed by atoms with Crippen LogP contribution in [0.5, 0.6) is 0 Å². The summed E-state index contributed by atoms with van der Waals surface area (Å²) in [5.74, 6) is -0.389. The van der Waals surface area contributed by atoms with Crippen molar-refractivity contribution >= 4 is 52.2 Å². The Balaban J connectivity index is 3.26. The van der Waals surface area contributed by atoms with Crippen LogP contribution in [0.4, 0.5) is 5.82 Å². The first-order chi connectivity index (χ1) is 6.91. The third kappa shape index (κ3) is 3.34. The minimum atomic E-state index is -0.962. The predicted molar refractivity (Wildman–Crippen MR) is 59.8 cm³/mol. The van der Waals surface area contributed by atoms with Crippen molar-refractivity contribution in [1.82, 2.24) is 4.98 Å². The SMILES string of the molecule is O=[N+]([O-])c1cc(C(Cl)Cl)cc(C(Cl)Cl)n1. The highest BCUT2D eigenvalue weighted by Gasteiger charge is 2.20. The summed E-state index contributed by atoms with van der Waals surface area (Å²) in [6.07, 6.45) is 0. The minimum absolute atomic E-state index is 0.147. The second kappa shape index (κ2) is 5.16. The summed E-state index contributed by atoms with van der Waals surface area (Å²) >= 11 is 22.3. The first kappa shape index (κ1) is 12.8. The molecule has 0 aliphatic rings. The van der Waals surface area contributed by atoms with Gasteiger partial charge in [0, 0.05) is 6.07 Å². The smallest absolute Gasteiger partial charge is 0.358 e. The van der Waals surface area contributed by atoms with Gasteiger partial charge in [0.25, 0.3) is 0 Å². The Bertz CT molecular complexity index is 357. The van der Waals surface area contributed by atoms with Gasteiger partial charge >= 0.3 is 5.82 Å². The second-order valence-corrected chi connectivity index (χ2v) is 4.73. The Hall–Kier alpha value is -0.290. The fourth-order valence-electron chi connectivity index (χ4n) is 0.890. The van der Waals surface area contributed by atoms with Crippen molar-refractivity contribution in [2.24, 2.45) is 0 Å². The Labute approximate surface area is 105 Å². The Morgan fingerprint density at radius 3 is 2.20 bits per heavy atom. The molecule has 0 radical (unpaired) electrons. The van der Waals surface area contributed by atoms with Crippen molar-refractivity contribution in [3.05, 3.63) is 33.5 Å². The summed E-state index contributed by atoms with van der Waals surface area (Å²) in [5, 5.41) is 10.5. The van der Waals surface area contributed by atoms with E-state index in [-0.39, 0.29) is 11.5 Å². The van der Waals surface area contributed by atoms with Crippen LogP contribution in [0, 0.1) is 10.1 Å². The molecule has 0 bridgehead atoms. The van der Waals surface area contributed by atoms with Gasteiger partial charge in [-0.25, -0.2) is 0 Å². The fraction of sp³-hybridized carbons (Fsp3) is 0.286. The van der Waals surface area contributed by atoms with E-state index in [1.807, 2.05) is 0 Å². The third-order valence-corrected chi connectivity index (χ3v) is 2.47. The molecular formula is C7H4Cl4N2O2.